The molecule has 4 aromatic rings. The van der Waals surface area contributed by atoms with E-state index < -0.39 is 11.7 Å². The van der Waals surface area contributed by atoms with Crippen LogP contribution < -0.4 is 15.5 Å². The van der Waals surface area contributed by atoms with Crippen LogP contribution in [0.25, 0.3) is 22.1 Å². The zero-order valence-electron chi connectivity index (χ0n) is 15.2. The molecule has 0 saturated carbocycles. The van der Waals surface area contributed by atoms with Crippen LogP contribution in [-0.2, 0) is 4.79 Å². The van der Waals surface area contributed by atoms with Gasteiger partial charge in [0.2, 0.25) is 0 Å². The number of carbonyl (C=O) groups is 1. The lowest BCUT2D eigenvalue weighted by Crippen LogP contribution is -2.20. The maximum Gasteiger partial charge on any atom is 0.262 e. The Balaban J connectivity index is 1.49. The van der Waals surface area contributed by atoms with Gasteiger partial charge in [-0.1, -0.05) is 36.4 Å². The molecule has 0 radical (unpaired) electrons. The first-order chi connectivity index (χ1) is 14.1. The first-order valence-corrected chi connectivity index (χ1v) is 8.89. The standard InChI is InChI=1S/C23H16FNO4/c24-16-7-4-8-17(11-16)25-22(26)14-28-18-9-10-19-21(12-18)29-13-20(23(19)27)15-5-2-1-3-6-15/h1-13H,14H2,(H,25,26). The van der Waals surface area contributed by atoms with Crippen LogP contribution in [0.2, 0.25) is 0 Å². The summed E-state index contributed by atoms with van der Waals surface area (Å²) in [5, 5.41) is 2.97. The summed E-state index contributed by atoms with van der Waals surface area (Å²) < 4.78 is 24.2. The van der Waals surface area contributed by atoms with Crippen molar-refractivity contribution in [1.29, 1.82) is 0 Å². The van der Waals surface area contributed by atoms with Crippen LogP contribution in [0.3, 0.4) is 0 Å². The summed E-state index contributed by atoms with van der Waals surface area (Å²) in [5.74, 6) is -0.498. The van der Waals surface area contributed by atoms with E-state index in [1.54, 1.807) is 24.3 Å². The lowest BCUT2D eigenvalue weighted by molar-refractivity contribution is -0.118. The molecular formula is C23H16FNO4. The van der Waals surface area contributed by atoms with Crippen molar-refractivity contribution < 1.29 is 18.3 Å². The molecule has 0 saturated heterocycles. The molecule has 0 spiro atoms. The Labute approximate surface area is 165 Å². The third-order valence-electron chi connectivity index (χ3n) is 4.31. The van der Waals surface area contributed by atoms with Gasteiger partial charge in [-0.2, -0.15) is 0 Å². The molecule has 1 aromatic heterocycles. The molecule has 4 rings (SSSR count). The maximum atomic E-state index is 13.2. The van der Waals surface area contributed by atoms with Gasteiger partial charge in [-0.3, -0.25) is 9.59 Å². The van der Waals surface area contributed by atoms with Gasteiger partial charge in [0.1, 0.15) is 23.4 Å². The van der Waals surface area contributed by atoms with Crippen molar-refractivity contribution in [2.45, 2.75) is 0 Å². The number of carbonyl (C=O) groups excluding carboxylic acids is 1. The van der Waals surface area contributed by atoms with E-state index in [0.717, 1.165) is 5.56 Å². The number of fused-ring (bicyclic) bond motifs is 1. The highest BCUT2D eigenvalue weighted by molar-refractivity contribution is 5.92. The minimum Gasteiger partial charge on any atom is -0.484 e. The first-order valence-electron chi connectivity index (χ1n) is 8.89. The number of ether oxygens (including phenoxy) is 1. The lowest BCUT2D eigenvalue weighted by atomic mass is 10.1. The topological polar surface area (TPSA) is 68.5 Å². The molecule has 0 atom stereocenters. The summed E-state index contributed by atoms with van der Waals surface area (Å²) in [6, 6.07) is 19.6. The van der Waals surface area contributed by atoms with Crippen molar-refractivity contribution in [3.63, 3.8) is 0 Å². The molecule has 5 nitrogen and oxygen atoms in total. The molecule has 3 aromatic carbocycles. The van der Waals surface area contributed by atoms with Gasteiger partial charge in [0.25, 0.3) is 5.91 Å². The second kappa shape index (κ2) is 7.98. The summed E-state index contributed by atoms with van der Waals surface area (Å²) >= 11 is 0. The third-order valence-corrected chi connectivity index (χ3v) is 4.31. The van der Waals surface area contributed by atoms with E-state index in [4.69, 9.17) is 9.15 Å². The van der Waals surface area contributed by atoms with Gasteiger partial charge in [0, 0.05) is 11.8 Å². The quantitative estimate of drug-likeness (QED) is 0.541. The number of benzene rings is 3. The summed E-state index contributed by atoms with van der Waals surface area (Å²) in [7, 11) is 0. The Morgan fingerprint density at radius 2 is 1.83 bits per heavy atom. The second-order valence-electron chi connectivity index (χ2n) is 6.35. The smallest absolute Gasteiger partial charge is 0.262 e. The van der Waals surface area contributed by atoms with Crippen LogP contribution in [-0.4, -0.2) is 12.5 Å². The van der Waals surface area contributed by atoms with Gasteiger partial charge in [-0.25, -0.2) is 4.39 Å². The van der Waals surface area contributed by atoms with E-state index in [1.165, 1.54) is 24.5 Å². The lowest BCUT2D eigenvalue weighted by Gasteiger charge is -2.08. The van der Waals surface area contributed by atoms with Crippen molar-refractivity contribution in [2.24, 2.45) is 0 Å². The van der Waals surface area contributed by atoms with Gasteiger partial charge >= 0.3 is 0 Å². The van der Waals surface area contributed by atoms with E-state index in [-0.39, 0.29) is 12.0 Å². The maximum absolute atomic E-state index is 13.2. The number of halogens is 1. The van der Waals surface area contributed by atoms with Crippen LogP contribution in [0.5, 0.6) is 5.75 Å². The molecule has 1 heterocycles. The Morgan fingerprint density at radius 3 is 2.62 bits per heavy atom. The number of amides is 1. The Kier molecular flexibility index (Phi) is 5.07. The average molecular weight is 389 g/mol. The molecule has 6 heteroatoms. The molecule has 29 heavy (non-hydrogen) atoms. The van der Waals surface area contributed by atoms with Crippen molar-refractivity contribution in [2.75, 3.05) is 11.9 Å². The van der Waals surface area contributed by atoms with Crippen molar-refractivity contribution in [1.82, 2.24) is 0 Å². The Hall–Kier alpha value is -3.93. The van der Waals surface area contributed by atoms with Gasteiger partial charge in [-0.05, 0) is 35.9 Å². The summed E-state index contributed by atoms with van der Waals surface area (Å²) in [4.78, 5) is 24.7. The predicted molar refractivity (Wildman–Crippen MR) is 108 cm³/mol. The van der Waals surface area contributed by atoms with E-state index in [0.29, 0.717) is 28.0 Å². The minimum atomic E-state index is -0.442. The fraction of sp³-hybridized carbons (Fsp3) is 0.0435. The molecule has 0 aliphatic rings. The van der Waals surface area contributed by atoms with Crippen LogP contribution in [0.15, 0.2) is 88.3 Å². The minimum absolute atomic E-state index is 0.146. The first kappa shape index (κ1) is 18.4. The second-order valence-corrected chi connectivity index (χ2v) is 6.35. The molecular weight excluding hydrogens is 373 g/mol. The average Bonchev–Trinajstić information content (AvgIpc) is 2.73. The number of nitrogens with one attached hydrogen (secondary N) is 1. The highest BCUT2D eigenvalue weighted by Gasteiger charge is 2.11. The monoisotopic (exact) mass is 389 g/mol. The summed E-state index contributed by atoms with van der Waals surface area (Å²) in [5.41, 5.74) is 1.81. The van der Waals surface area contributed by atoms with E-state index in [2.05, 4.69) is 5.32 Å². The van der Waals surface area contributed by atoms with Gasteiger partial charge < -0.3 is 14.5 Å². The van der Waals surface area contributed by atoms with Crippen LogP contribution in [0.4, 0.5) is 10.1 Å². The summed E-state index contributed by atoms with van der Waals surface area (Å²) in [6.45, 7) is -0.269. The van der Waals surface area contributed by atoms with Crippen molar-refractivity contribution >= 4 is 22.6 Å². The fourth-order valence-corrected chi connectivity index (χ4v) is 2.93. The van der Waals surface area contributed by atoms with E-state index >= 15 is 0 Å². The zero-order chi connectivity index (χ0) is 20.2. The molecule has 1 amide bonds. The van der Waals surface area contributed by atoms with Gasteiger partial charge in [0.15, 0.2) is 12.0 Å². The number of anilines is 1. The molecule has 0 unspecified atom stereocenters. The zero-order valence-corrected chi connectivity index (χ0v) is 15.2. The van der Waals surface area contributed by atoms with Crippen molar-refractivity contribution in [3.8, 4) is 16.9 Å². The van der Waals surface area contributed by atoms with Crippen LogP contribution in [0.1, 0.15) is 0 Å². The normalized spacial score (nSPS) is 10.7. The Bertz CT molecular complexity index is 1230. The van der Waals surface area contributed by atoms with Crippen LogP contribution >= 0.6 is 0 Å². The molecule has 0 fully saturated rings. The number of hydrogen-bond donors (Lipinski definition) is 1. The third kappa shape index (κ3) is 4.16. The molecule has 0 bridgehead atoms. The molecule has 144 valence electrons. The highest BCUT2D eigenvalue weighted by Crippen LogP contribution is 2.23. The Morgan fingerprint density at radius 1 is 1.00 bits per heavy atom. The SMILES string of the molecule is O=C(COc1ccc2c(=O)c(-c3ccccc3)coc2c1)Nc1cccc(F)c1. The number of hydrogen-bond acceptors (Lipinski definition) is 4. The summed E-state index contributed by atoms with van der Waals surface area (Å²) in [6.07, 6.45) is 1.42. The molecule has 1 N–H and O–H groups in total. The largest absolute Gasteiger partial charge is 0.484 e. The fourth-order valence-electron chi connectivity index (χ4n) is 2.93. The van der Waals surface area contributed by atoms with Gasteiger partial charge in [-0.15, -0.1) is 0 Å². The number of rotatable bonds is 5. The highest BCUT2D eigenvalue weighted by atomic mass is 19.1. The van der Waals surface area contributed by atoms with Crippen molar-refractivity contribution in [3.05, 3.63) is 95.1 Å². The molecule has 0 aliphatic carbocycles. The van der Waals surface area contributed by atoms with Gasteiger partial charge in [0.05, 0.1) is 10.9 Å². The van der Waals surface area contributed by atoms with E-state index in [1.807, 2.05) is 30.3 Å². The predicted octanol–water partition coefficient (Wildman–Crippen LogP) is 4.62. The van der Waals surface area contributed by atoms with Crippen LogP contribution in [0, 0.1) is 5.82 Å². The van der Waals surface area contributed by atoms with E-state index in [9.17, 15) is 14.0 Å². The molecule has 0 aliphatic heterocycles.